The molecule has 1 saturated heterocycles. The molecule has 1 heterocycles. The number of halogens is 1. The van der Waals surface area contributed by atoms with Crippen LogP contribution in [0.3, 0.4) is 0 Å². The first-order valence-electron chi connectivity index (χ1n) is 8.92. The van der Waals surface area contributed by atoms with E-state index in [4.69, 9.17) is 0 Å². The van der Waals surface area contributed by atoms with Crippen LogP contribution in [0, 0.1) is 12.7 Å². The molecule has 134 valence electrons. The van der Waals surface area contributed by atoms with Gasteiger partial charge in [0.2, 0.25) is 0 Å². The standard InChI is InChI=1S/C21H26FNOS/c1-17-6-8-18(9-7-17)10-13-20-5-3-4-16-23(20)25(2,24)21-14-11-19(22)12-15-21/h6-9,11-12,14-15,20H,2-5,10,13,16H2,1H3. The van der Waals surface area contributed by atoms with Gasteiger partial charge < -0.3 is 0 Å². The Bertz CT molecular complexity index is 797. The second-order valence-electron chi connectivity index (χ2n) is 6.91. The van der Waals surface area contributed by atoms with Gasteiger partial charge >= 0.3 is 0 Å². The SMILES string of the molecule is C=S(=O)(c1ccc(F)cc1)N1CCCCC1CCc1ccc(C)cc1. The maximum Gasteiger partial charge on any atom is 0.123 e. The van der Waals surface area contributed by atoms with Gasteiger partial charge in [-0.2, -0.15) is 0 Å². The van der Waals surface area contributed by atoms with Crippen LogP contribution in [0.1, 0.15) is 36.8 Å². The van der Waals surface area contributed by atoms with Crippen LogP contribution >= 0.6 is 0 Å². The summed E-state index contributed by atoms with van der Waals surface area (Å²) in [4.78, 5) is 0.621. The highest BCUT2D eigenvalue weighted by atomic mass is 32.2. The second kappa shape index (κ2) is 7.71. The lowest BCUT2D eigenvalue weighted by Gasteiger charge is -2.37. The summed E-state index contributed by atoms with van der Waals surface area (Å²) in [5.74, 6) is 3.73. The van der Waals surface area contributed by atoms with E-state index in [9.17, 15) is 8.60 Å². The Morgan fingerprint density at radius 1 is 1.12 bits per heavy atom. The molecule has 0 aromatic heterocycles. The third kappa shape index (κ3) is 4.31. The Morgan fingerprint density at radius 2 is 1.80 bits per heavy atom. The quantitative estimate of drug-likeness (QED) is 0.714. The molecule has 2 nitrogen and oxygen atoms in total. The van der Waals surface area contributed by atoms with Crippen molar-refractivity contribution in [2.24, 2.45) is 0 Å². The van der Waals surface area contributed by atoms with Gasteiger partial charge in [-0.1, -0.05) is 36.2 Å². The van der Waals surface area contributed by atoms with E-state index in [2.05, 4.69) is 41.4 Å². The lowest BCUT2D eigenvalue weighted by atomic mass is 9.97. The Hall–Kier alpha value is -1.65. The number of hydrogen-bond acceptors (Lipinski definition) is 1. The molecule has 1 aliphatic heterocycles. The molecule has 0 aliphatic carbocycles. The van der Waals surface area contributed by atoms with Crippen molar-refractivity contribution in [2.75, 3.05) is 6.54 Å². The molecule has 0 N–H and O–H groups in total. The third-order valence-corrected chi connectivity index (χ3v) is 7.27. The molecule has 0 bridgehead atoms. The van der Waals surface area contributed by atoms with Crippen molar-refractivity contribution < 1.29 is 8.60 Å². The van der Waals surface area contributed by atoms with Crippen molar-refractivity contribution in [2.45, 2.75) is 50.0 Å². The Balaban J connectivity index is 1.75. The summed E-state index contributed by atoms with van der Waals surface area (Å²) >= 11 is 0. The third-order valence-electron chi connectivity index (χ3n) is 5.02. The zero-order valence-electron chi connectivity index (χ0n) is 14.8. The molecule has 0 saturated carbocycles. The molecule has 2 aromatic carbocycles. The zero-order chi connectivity index (χ0) is 17.9. The maximum absolute atomic E-state index is 13.4. The van der Waals surface area contributed by atoms with E-state index in [1.807, 2.05) is 0 Å². The van der Waals surface area contributed by atoms with Crippen molar-refractivity contribution in [3.63, 3.8) is 0 Å². The second-order valence-corrected chi connectivity index (χ2v) is 9.13. The summed E-state index contributed by atoms with van der Waals surface area (Å²) in [5.41, 5.74) is 2.58. The largest absolute Gasteiger partial charge is 0.248 e. The van der Waals surface area contributed by atoms with Crippen LogP contribution in [0.25, 0.3) is 0 Å². The van der Waals surface area contributed by atoms with Crippen LogP contribution < -0.4 is 0 Å². The normalized spacial score (nSPS) is 21.0. The van der Waals surface area contributed by atoms with E-state index in [0.29, 0.717) is 4.90 Å². The summed E-state index contributed by atoms with van der Waals surface area (Å²) in [7, 11) is -2.57. The van der Waals surface area contributed by atoms with Crippen molar-refractivity contribution >= 4 is 15.6 Å². The van der Waals surface area contributed by atoms with Gasteiger partial charge in [0.15, 0.2) is 0 Å². The Labute approximate surface area is 150 Å². The maximum atomic E-state index is 13.4. The molecule has 0 radical (unpaired) electrons. The van der Waals surface area contributed by atoms with Crippen molar-refractivity contribution in [1.82, 2.24) is 4.31 Å². The summed E-state index contributed by atoms with van der Waals surface area (Å²) in [6.45, 7) is 2.88. The first-order valence-corrected chi connectivity index (χ1v) is 10.6. The first kappa shape index (κ1) is 18.2. The van der Waals surface area contributed by atoms with Crippen molar-refractivity contribution in [3.8, 4) is 0 Å². The van der Waals surface area contributed by atoms with Gasteiger partial charge in [0.1, 0.15) is 5.82 Å². The highest BCUT2D eigenvalue weighted by Crippen LogP contribution is 2.28. The summed E-state index contributed by atoms with van der Waals surface area (Å²) in [6.07, 6.45) is 5.18. The lowest BCUT2D eigenvalue weighted by Crippen LogP contribution is -2.43. The topological polar surface area (TPSA) is 20.3 Å². The van der Waals surface area contributed by atoms with E-state index < -0.39 is 9.71 Å². The number of aryl methyl sites for hydroxylation is 2. The Kier molecular flexibility index (Phi) is 5.60. The molecule has 2 atom stereocenters. The molecule has 4 heteroatoms. The highest BCUT2D eigenvalue weighted by molar-refractivity contribution is 7.98. The zero-order valence-corrected chi connectivity index (χ0v) is 15.6. The van der Waals surface area contributed by atoms with E-state index in [0.717, 1.165) is 38.6 Å². The van der Waals surface area contributed by atoms with Crippen LogP contribution in [0.15, 0.2) is 53.4 Å². The predicted molar refractivity (Wildman–Crippen MR) is 104 cm³/mol. The molecular weight excluding hydrogens is 333 g/mol. The Morgan fingerprint density at radius 3 is 2.48 bits per heavy atom. The predicted octanol–water partition coefficient (Wildman–Crippen LogP) is 4.61. The fourth-order valence-electron chi connectivity index (χ4n) is 3.52. The van der Waals surface area contributed by atoms with Gasteiger partial charge in [-0.05, 0) is 68.3 Å². The number of benzene rings is 2. The van der Waals surface area contributed by atoms with Gasteiger partial charge in [-0.3, -0.25) is 0 Å². The minimum atomic E-state index is -2.57. The lowest BCUT2D eigenvalue weighted by molar-refractivity contribution is 0.251. The van der Waals surface area contributed by atoms with Gasteiger partial charge in [0.25, 0.3) is 0 Å². The van der Waals surface area contributed by atoms with Gasteiger partial charge in [0.05, 0.1) is 9.71 Å². The number of piperidine rings is 1. The van der Waals surface area contributed by atoms with E-state index in [1.165, 1.54) is 23.3 Å². The fourth-order valence-corrected chi connectivity index (χ4v) is 5.47. The number of rotatable bonds is 5. The van der Waals surface area contributed by atoms with Gasteiger partial charge in [0, 0.05) is 17.5 Å². The highest BCUT2D eigenvalue weighted by Gasteiger charge is 2.29. The van der Waals surface area contributed by atoms with Crippen LogP contribution in [0.5, 0.6) is 0 Å². The van der Waals surface area contributed by atoms with E-state index in [-0.39, 0.29) is 11.9 Å². The summed E-state index contributed by atoms with van der Waals surface area (Å²) in [6, 6.07) is 14.8. The molecule has 0 spiro atoms. The van der Waals surface area contributed by atoms with Gasteiger partial charge in [-0.15, -0.1) is 0 Å². The molecule has 1 aliphatic rings. The first-order chi connectivity index (χ1) is 12.0. The molecular formula is C21H26FNOS. The average molecular weight is 360 g/mol. The smallest absolute Gasteiger partial charge is 0.123 e. The van der Waals surface area contributed by atoms with Crippen LogP contribution in [-0.4, -0.2) is 27.0 Å². The van der Waals surface area contributed by atoms with Crippen LogP contribution in [-0.2, 0) is 16.1 Å². The van der Waals surface area contributed by atoms with E-state index in [1.54, 1.807) is 12.1 Å². The van der Waals surface area contributed by atoms with Crippen molar-refractivity contribution in [3.05, 3.63) is 65.5 Å². The van der Waals surface area contributed by atoms with Gasteiger partial charge in [-0.25, -0.2) is 12.9 Å². The van der Waals surface area contributed by atoms with Crippen LogP contribution in [0.2, 0.25) is 0 Å². The molecule has 1 fully saturated rings. The van der Waals surface area contributed by atoms with Crippen molar-refractivity contribution in [1.29, 1.82) is 0 Å². The molecule has 25 heavy (non-hydrogen) atoms. The fraction of sp³-hybridized carbons (Fsp3) is 0.381. The average Bonchev–Trinajstić information content (AvgIpc) is 2.62. The summed E-state index contributed by atoms with van der Waals surface area (Å²) < 4.78 is 28.7. The van der Waals surface area contributed by atoms with Crippen LogP contribution in [0.4, 0.5) is 4.39 Å². The number of hydrogen-bond donors (Lipinski definition) is 0. The monoisotopic (exact) mass is 359 g/mol. The minimum Gasteiger partial charge on any atom is -0.248 e. The number of nitrogens with zero attached hydrogens (tertiary/aromatic N) is 1. The molecule has 2 unspecified atom stereocenters. The molecule has 2 aromatic rings. The van der Waals surface area contributed by atoms with E-state index >= 15 is 0 Å². The summed E-state index contributed by atoms with van der Waals surface area (Å²) in [5, 5.41) is 0. The minimum absolute atomic E-state index is 0.255. The molecule has 3 rings (SSSR count). The molecule has 0 amide bonds.